The summed E-state index contributed by atoms with van der Waals surface area (Å²) in [6, 6.07) is 5.56. The molecule has 31 heavy (non-hydrogen) atoms. The molecule has 0 fully saturated rings. The standard InChI is InChI=1S/C25H33N3O3/c1-7-28(8-2)13-15-30-14-9-10-19-22(29)21-18-12-11-17(26-5)16-20(18)31-24(21)25(3,4)23(19)27-6/h9-12,16,27H,5,7-8,13-15H2,1-4,6H3/b10-9-. The van der Waals surface area contributed by atoms with Crippen LogP contribution in [-0.4, -0.2) is 57.3 Å². The number of fused-ring (bicyclic) bond motifs is 3. The molecule has 0 radical (unpaired) electrons. The lowest BCUT2D eigenvalue weighted by atomic mass is 9.75. The number of ether oxygens (including phenoxy) is 1. The molecule has 1 aromatic carbocycles. The van der Waals surface area contributed by atoms with Crippen molar-refractivity contribution < 1.29 is 13.9 Å². The van der Waals surface area contributed by atoms with Crippen LogP contribution in [0.4, 0.5) is 5.69 Å². The fourth-order valence-electron chi connectivity index (χ4n) is 4.20. The zero-order chi connectivity index (χ0) is 22.6. The van der Waals surface area contributed by atoms with Crippen LogP contribution in [0.1, 0.15) is 43.8 Å². The lowest BCUT2D eigenvalue weighted by molar-refractivity contribution is 0.102. The van der Waals surface area contributed by atoms with Crippen molar-refractivity contribution in [3.63, 3.8) is 0 Å². The highest BCUT2D eigenvalue weighted by molar-refractivity contribution is 6.20. The molecule has 1 N–H and O–H groups in total. The van der Waals surface area contributed by atoms with Gasteiger partial charge in [-0.05, 0) is 45.8 Å². The van der Waals surface area contributed by atoms with Crippen molar-refractivity contribution in [3.8, 4) is 0 Å². The average Bonchev–Trinajstić information content (AvgIpc) is 3.16. The molecule has 0 unspecified atom stereocenters. The minimum absolute atomic E-state index is 0.0453. The second-order valence-corrected chi connectivity index (χ2v) is 8.14. The largest absolute Gasteiger partial charge is 0.459 e. The van der Waals surface area contributed by atoms with E-state index in [2.05, 4.69) is 49.6 Å². The third kappa shape index (κ3) is 4.36. The van der Waals surface area contributed by atoms with E-state index in [-0.39, 0.29) is 5.78 Å². The maximum atomic E-state index is 13.5. The highest BCUT2D eigenvalue weighted by Gasteiger charge is 2.42. The molecule has 0 atom stereocenters. The molecule has 3 rings (SSSR count). The molecule has 0 aliphatic heterocycles. The summed E-state index contributed by atoms with van der Waals surface area (Å²) in [4.78, 5) is 19.8. The molecule has 166 valence electrons. The molecule has 0 bridgehead atoms. The van der Waals surface area contributed by atoms with Gasteiger partial charge < -0.3 is 19.4 Å². The van der Waals surface area contributed by atoms with Gasteiger partial charge in [-0.3, -0.25) is 9.79 Å². The lowest BCUT2D eigenvalue weighted by Gasteiger charge is -2.32. The molecule has 1 aromatic heterocycles. The van der Waals surface area contributed by atoms with Gasteiger partial charge in [-0.15, -0.1) is 0 Å². The second kappa shape index (κ2) is 9.62. The van der Waals surface area contributed by atoms with E-state index in [4.69, 9.17) is 9.15 Å². The van der Waals surface area contributed by atoms with E-state index in [1.165, 1.54) is 0 Å². The first kappa shape index (κ1) is 23.0. The van der Waals surface area contributed by atoms with Gasteiger partial charge in [-0.2, -0.15) is 0 Å². The molecule has 1 aliphatic rings. The molecule has 6 nitrogen and oxygen atoms in total. The van der Waals surface area contributed by atoms with Crippen LogP contribution in [0, 0.1) is 0 Å². The maximum absolute atomic E-state index is 13.5. The Morgan fingerprint density at radius 3 is 2.68 bits per heavy atom. The number of carbonyl (C=O) groups excluding carboxylic acids is 1. The van der Waals surface area contributed by atoms with Gasteiger partial charge in [0.1, 0.15) is 11.3 Å². The molecule has 1 aliphatic carbocycles. The number of likely N-dealkylation sites (N-methyl/N-ethyl adjacent to an activating group) is 2. The minimum Gasteiger partial charge on any atom is -0.459 e. The molecule has 1 heterocycles. The molecular formula is C25H33N3O3. The first-order valence-corrected chi connectivity index (χ1v) is 10.9. The van der Waals surface area contributed by atoms with Crippen LogP contribution in [-0.2, 0) is 10.2 Å². The zero-order valence-corrected chi connectivity index (χ0v) is 19.2. The molecule has 2 aromatic rings. The highest BCUT2D eigenvalue weighted by atomic mass is 16.5. The monoisotopic (exact) mass is 423 g/mol. The first-order valence-electron chi connectivity index (χ1n) is 10.9. The van der Waals surface area contributed by atoms with Gasteiger partial charge in [-0.25, -0.2) is 0 Å². The molecule has 0 saturated heterocycles. The summed E-state index contributed by atoms with van der Waals surface area (Å²) in [7, 11) is 1.84. The van der Waals surface area contributed by atoms with Gasteiger partial charge in [0.15, 0.2) is 5.78 Å². The van der Waals surface area contributed by atoms with Gasteiger partial charge in [-0.1, -0.05) is 26.0 Å². The van der Waals surface area contributed by atoms with Crippen LogP contribution in [0.2, 0.25) is 0 Å². The summed E-state index contributed by atoms with van der Waals surface area (Å²) in [6.07, 6.45) is 3.78. The van der Waals surface area contributed by atoms with Crippen molar-refractivity contribution >= 4 is 29.2 Å². The quantitative estimate of drug-likeness (QED) is 0.446. The SMILES string of the molecule is C=Nc1ccc2c3c(oc2c1)C(C)(C)C(NC)=C(/C=C\COCCN(CC)CC)C3=O. The number of Topliss-reactive ketones (excluding diaryl/α,β-unsaturated/α-hetero) is 1. The number of benzene rings is 1. The number of hydrogen-bond donors (Lipinski definition) is 1. The number of hydrogen-bond acceptors (Lipinski definition) is 6. The van der Waals surface area contributed by atoms with E-state index in [1.54, 1.807) is 0 Å². The van der Waals surface area contributed by atoms with Crippen LogP contribution < -0.4 is 5.32 Å². The summed E-state index contributed by atoms with van der Waals surface area (Å²) < 4.78 is 11.9. The summed E-state index contributed by atoms with van der Waals surface area (Å²) in [6.45, 7) is 16.1. The van der Waals surface area contributed by atoms with Gasteiger partial charge in [0, 0.05) is 36.3 Å². The number of nitrogens with zero attached hydrogens (tertiary/aromatic N) is 2. The van der Waals surface area contributed by atoms with Crippen molar-refractivity contribution in [3.05, 3.63) is 52.9 Å². The van der Waals surface area contributed by atoms with Crippen LogP contribution in [0.3, 0.4) is 0 Å². The van der Waals surface area contributed by atoms with Crippen molar-refractivity contribution in [1.82, 2.24) is 10.2 Å². The Kier molecular flexibility index (Phi) is 7.13. The Bertz CT molecular complexity index is 1030. The van der Waals surface area contributed by atoms with Gasteiger partial charge >= 0.3 is 0 Å². The number of aliphatic imine (C=N–C) groups is 1. The van der Waals surface area contributed by atoms with E-state index >= 15 is 0 Å². The first-order chi connectivity index (χ1) is 14.9. The molecule has 6 heteroatoms. The maximum Gasteiger partial charge on any atom is 0.198 e. The van der Waals surface area contributed by atoms with Crippen molar-refractivity contribution in [2.75, 3.05) is 39.9 Å². The normalized spacial score (nSPS) is 15.9. The number of furan rings is 1. The Morgan fingerprint density at radius 2 is 2.03 bits per heavy atom. The number of ketones is 1. The Balaban J connectivity index is 1.86. The van der Waals surface area contributed by atoms with Crippen LogP contribution >= 0.6 is 0 Å². The predicted octanol–water partition coefficient (Wildman–Crippen LogP) is 4.63. The lowest BCUT2D eigenvalue weighted by Crippen LogP contribution is -2.36. The molecule has 0 saturated carbocycles. The third-order valence-corrected chi connectivity index (χ3v) is 5.98. The van der Waals surface area contributed by atoms with Gasteiger partial charge in [0.2, 0.25) is 0 Å². The molecular weight excluding hydrogens is 390 g/mol. The van der Waals surface area contributed by atoms with Crippen LogP contribution in [0.5, 0.6) is 0 Å². The third-order valence-electron chi connectivity index (χ3n) is 5.98. The summed E-state index contributed by atoms with van der Waals surface area (Å²) in [5.74, 6) is 0.627. The highest BCUT2D eigenvalue weighted by Crippen LogP contribution is 2.44. The molecule has 0 amide bonds. The number of carbonyl (C=O) groups is 1. The Labute approximate surface area is 184 Å². The Hall–Kier alpha value is -2.70. The average molecular weight is 424 g/mol. The van der Waals surface area contributed by atoms with Crippen molar-refractivity contribution in [2.45, 2.75) is 33.1 Å². The zero-order valence-electron chi connectivity index (χ0n) is 19.2. The predicted molar refractivity (Wildman–Crippen MR) is 127 cm³/mol. The fourth-order valence-corrected chi connectivity index (χ4v) is 4.20. The van der Waals surface area contributed by atoms with Crippen LogP contribution in [0.25, 0.3) is 11.0 Å². The van der Waals surface area contributed by atoms with E-state index in [0.29, 0.717) is 41.4 Å². The summed E-state index contributed by atoms with van der Waals surface area (Å²) >= 11 is 0. The van der Waals surface area contributed by atoms with Gasteiger partial charge in [0.25, 0.3) is 0 Å². The Morgan fingerprint density at radius 1 is 1.29 bits per heavy atom. The van der Waals surface area contributed by atoms with E-state index < -0.39 is 5.41 Å². The van der Waals surface area contributed by atoms with Gasteiger partial charge in [0.05, 0.1) is 29.9 Å². The van der Waals surface area contributed by atoms with Crippen LogP contribution in [0.15, 0.2) is 51.0 Å². The summed E-state index contributed by atoms with van der Waals surface area (Å²) in [5, 5.41) is 4.04. The fraction of sp³-hybridized carbons (Fsp3) is 0.440. The number of nitrogens with one attached hydrogen (secondary N) is 1. The molecule has 0 spiro atoms. The number of rotatable bonds is 10. The van der Waals surface area contributed by atoms with Crippen molar-refractivity contribution in [2.24, 2.45) is 4.99 Å². The van der Waals surface area contributed by atoms with E-state index in [1.807, 2.05) is 37.4 Å². The van der Waals surface area contributed by atoms with E-state index in [0.717, 1.165) is 30.7 Å². The summed E-state index contributed by atoms with van der Waals surface area (Å²) in [5.41, 5.74) is 2.98. The second-order valence-electron chi connectivity index (χ2n) is 8.14. The number of allylic oxidation sites excluding steroid dienone is 3. The van der Waals surface area contributed by atoms with E-state index in [9.17, 15) is 4.79 Å². The topological polar surface area (TPSA) is 67.1 Å². The van der Waals surface area contributed by atoms with Crippen molar-refractivity contribution in [1.29, 1.82) is 0 Å². The minimum atomic E-state index is -0.484. The smallest absolute Gasteiger partial charge is 0.198 e.